The average Bonchev–Trinajstić information content (AvgIpc) is 3.51. The van der Waals surface area contributed by atoms with Gasteiger partial charge in [0.1, 0.15) is 11.3 Å². The topological polar surface area (TPSA) is 92.7 Å². The highest BCUT2D eigenvalue weighted by Crippen LogP contribution is 2.45. The zero-order chi connectivity index (χ0) is 27.5. The van der Waals surface area contributed by atoms with E-state index in [0.717, 1.165) is 24.8 Å². The molecule has 2 amide bonds. The predicted octanol–water partition coefficient (Wildman–Crippen LogP) is 5.58. The van der Waals surface area contributed by atoms with Crippen molar-refractivity contribution >= 4 is 28.6 Å². The molecule has 3 aliphatic rings. The van der Waals surface area contributed by atoms with Crippen LogP contribution in [0.4, 0.5) is 10.1 Å². The highest BCUT2D eigenvalue weighted by atomic mass is 19.1. The lowest BCUT2D eigenvalue weighted by Crippen LogP contribution is -2.38. The number of carbonyl (C=O) groups excluding carboxylic acids is 2. The number of rotatable bonds is 5. The summed E-state index contributed by atoms with van der Waals surface area (Å²) in [5.74, 6) is -0.499. The molecule has 1 saturated carbocycles. The third-order valence-corrected chi connectivity index (χ3v) is 8.78. The lowest BCUT2D eigenvalue weighted by atomic mass is 9.93. The van der Waals surface area contributed by atoms with Crippen molar-refractivity contribution < 1.29 is 18.4 Å². The van der Waals surface area contributed by atoms with Gasteiger partial charge in [0.2, 0.25) is 11.8 Å². The summed E-state index contributed by atoms with van der Waals surface area (Å²) in [6, 6.07) is 16.9. The normalized spacial score (nSPS) is 20.6. The zero-order valence-corrected chi connectivity index (χ0v) is 22.4. The Morgan fingerprint density at radius 1 is 1.02 bits per heavy atom. The van der Waals surface area contributed by atoms with E-state index in [9.17, 15) is 9.59 Å². The summed E-state index contributed by atoms with van der Waals surface area (Å²) in [6.45, 7) is 3.87. The second kappa shape index (κ2) is 9.47. The van der Waals surface area contributed by atoms with Crippen molar-refractivity contribution in [3.63, 3.8) is 0 Å². The molecule has 2 atom stereocenters. The number of primary amides is 1. The van der Waals surface area contributed by atoms with Gasteiger partial charge < -0.3 is 20.0 Å². The fraction of sp³-hybridized carbons (Fsp3) is 0.344. The lowest BCUT2D eigenvalue weighted by Gasteiger charge is -2.35. The third-order valence-electron chi connectivity index (χ3n) is 8.78. The number of nitrogens with zero attached hydrogens (tertiary/aromatic N) is 3. The standard InChI is InChI=1S/C32H31FN4O3/c1-18-24-5-3-2-4-19(24)11-13-37(18)32(39)22-14-26(20-6-7-20)29-28(15-22)40-31(35-29)25-9-8-23(16-27(25)33)36-12-10-21(17-36)30(34)38/h2-5,8-9,14-16,18,20-21H,6-7,10-13,17H2,1H3,(H2,34,38)/t18-,21+/m1/s1. The number of carbonyl (C=O) groups is 2. The summed E-state index contributed by atoms with van der Waals surface area (Å²) in [4.78, 5) is 34.0. The van der Waals surface area contributed by atoms with Crippen LogP contribution in [0.15, 0.2) is 59.0 Å². The molecule has 0 bridgehead atoms. The smallest absolute Gasteiger partial charge is 0.254 e. The van der Waals surface area contributed by atoms with Crippen molar-refractivity contribution in [3.05, 3.63) is 82.7 Å². The minimum Gasteiger partial charge on any atom is -0.436 e. The van der Waals surface area contributed by atoms with E-state index in [2.05, 4.69) is 19.1 Å². The number of aromatic nitrogens is 1. The molecule has 1 aliphatic carbocycles. The van der Waals surface area contributed by atoms with Gasteiger partial charge in [-0.3, -0.25) is 9.59 Å². The van der Waals surface area contributed by atoms with Crippen molar-refractivity contribution in [2.45, 2.75) is 44.6 Å². The lowest BCUT2D eigenvalue weighted by molar-refractivity contribution is -0.121. The molecule has 4 aromatic rings. The van der Waals surface area contributed by atoms with Crippen LogP contribution in [0, 0.1) is 11.7 Å². The van der Waals surface area contributed by atoms with Gasteiger partial charge in [-0.25, -0.2) is 9.37 Å². The van der Waals surface area contributed by atoms with Crippen LogP contribution in [0.3, 0.4) is 0 Å². The molecule has 7 nitrogen and oxygen atoms in total. The van der Waals surface area contributed by atoms with Gasteiger partial charge in [-0.1, -0.05) is 24.3 Å². The van der Waals surface area contributed by atoms with Crippen LogP contribution in [0.2, 0.25) is 0 Å². The number of amides is 2. The Hall–Kier alpha value is -4.20. The molecule has 3 heterocycles. The first-order chi connectivity index (χ1) is 19.4. The molecule has 2 aliphatic heterocycles. The molecule has 8 heteroatoms. The number of anilines is 1. The van der Waals surface area contributed by atoms with Gasteiger partial charge in [-0.15, -0.1) is 0 Å². The van der Waals surface area contributed by atoms with Crippen LogP contribution in [0.25, 0.3) is 22.6 Å². The maximum atomic E-state index is 15.4. The van der Waals surface area contributed by atoms with Crippen LogP contribution in [-0.4, -0.2) is 41.3 Å². The van der Waals surface area contributed by atoms with Gasteiger partial charge in [0.25, 0.3) is 5.91 Å². The maximum absolute atomic E-state index is 15.4. The van der Waals surface area contributed by atoms with E-state index in [1.807, 2.05) is 34.1 Å². The van der Waals surface area contributed by atoms with E-state index in [1.165, 1.54) is 17.2 Å². The maximum Gasteiger partial charge on any atom is 0.254 e. The average molecular weight is 539 g/mol. The molecule has 7 rings (SSSR count). The monoisotopic (exact) mass is 538 g/mol. The second-order valence-electron chi connectivity index (χ2n) is 11.3. The number of hydrogen-bond acceptors (Lipinski definition) is 5. The Kier molecular flexibility index (Phi) is 5.87. The molecule has 0 unspecified atom stereocenters. The zero-order valence-electron chi connectivity index (χ0n) is 22.4. The van der Waals surface area contributed by atoms with Crippen molar-refractivity contribution in [1.82, 2.24) is 9.88 Å². The first-order valence-electron chi connectivity index (χ1n) is 14.0. The first-order valence-corrected chi connectivity index (χ1v) is 14.0. The van der Waals surface area contributed by atoms with Crippen molar-refractivity contribution in [3.8, 4) is 11.5 Å². The Balaban J connectivity index is 1.21. The highest BCUT2D eigenvalue weighted by Gasteiger charge is 2.33. The van der Waals surface area contributed by atoms with Gasteiger partial charge >= 0.3 is 0 Å². The summed E-state index contributed by atoms with van der Waals surface area (Å²) in [5, 5.41) is 0. The van der Waals surface area contributed by atoms with Gasteiger partial charge in [-0.05, 0) is 85.5 Å². The number of hydrogen-bond donors (Lipinski definition) is 1. The van der Waals surface area contributed by atoms with Crippen LogP contribution in [-0.2, 0) is 11.2 Å². The largest absolute Gasteiger partial charge is 0.436 e. The van der Waals surface area contributed by atoms with Crippen LogP contribution in [0.1, 0.15) is 65.2 Å². The van der Waals surface area contributed by atoms with Gasteiger partial charge in [0.15, 0.2) is 5.58 Å². The van der Waals surface area contributed by atoms with E-state index in [1.54, 1.807) is 12.1 Å². The van der Waals surface area contributed by atoms with E-state index in [0.29, 0.717) is 54.3 Å². The summed E-state index contributed by atoms with van der Waals surface area (Å²) >= 11 is 0. The van der Waals surface area contributed by atoms with Crippen LogP contribution in [0.5, 0.6) is 0 Å². The van der Waals surface area contributed by atoms with E-state index in [-0.39, 0.29) is 35.2 Å². The van der Waals surface area contributed by atoms with Gasteiger partial charge in [0.05, 0.1) is 17.5 Å². The first kappa shape index (κ1) is 24.8. The Morgan fingerprint density at radius 3 is 2.60 bits per heavy atom. The quantitative estimate of drug-likeness (QED) is 0.358. The molecular formula is C32H31FN4O3. The van der Waals surface area contributed by atoms with Crippen molar-refractivity contribution in [2.75, 3.05) is 24.5 Å². The molecule has 1 aromatic heterocycles. The van der Waals surface area contributed by atoms with Crippen molar-refractivity contribution in [1.29, 1.82) is 0 Å². The molecule has 0 radical (unpaired) electrons. The number of nitrogens with two attached hydrogens (primary N) is 1. The minimum atomic E-state index is -0.448. The van der Waals surface area contributed by atoms with Crippen LogP contribution < -0.4 is 10.6 Å². The molecule has 1 saturated heterocycles. The minimum absolute atomic E-state index is 0.0238. The molecule has 40 heavy (non-hydrogen) atoms. The Morgan fingerprint density at radius 2 is 1.85 bits per heavy atom. The fourth-order valence-corrected chi connectivity index (χ4v) is 6.32. The summed E-state index contributed by atoms with van der Waals surface area (Å²) in [7, 11) is 0. The number of fused-ring (bicyclic) bond motifs is 2. The number of halogens is 1. The van der Waals surface area contributed by atoms with Crippen molar-refractivity contribution in [2.24, 2.45) is 11.7 Å². The molecule has 204 valence electrons. The second-order valence-corrected chi connectivity index (χ2v) is 11.3. The Bertz CT molecular complexity index is 1660. The predicted molar refractivity (Wildman–Crippen MR) is 150 cm³/mol. The van der Waals surface area contributed by atoms with E-state index >= 15 is 4.39 Å². The Labute approximate surface area is 231 Å². The summed E-state index contributed by atoms with van der Waals surface area (Å²) in [5.41, 5.74) is 11.7. The summed E-state index contributed by atoms with van der Waals surface area (Å²) in [6.07, 6.45) is 3.56. The molecule has 2 N–H and O–H groups in total. The summed E-state index contributed by atoms with van der Waals surface area (Å²) < 4.78 is 21.5. The van der Waals surface area contributed by atoms with E-state index < -0.39 is 5.82 Å². The molecule has 2 fully saturated rings. The van der Waals surface area contributed by atoms with Gasteiger partial charge in [-0.2, -0.15) is 0 Å². The number of benzene rings is 3. The van der Waals surface area contributed by atoms with Gasteiger partial charge in [0, 0.05) is 30.9 Å². The SMILES string of the molecule is C[C@@H]1c2ccccc2CCN1C(=O)c1cc(C2CC2)c2nc(-c3ccc(N4CC[C@H](C(N)=O)C4)cc3F)oc2c1. The fourth-order valence-electron chi connectivity index (χ4n) is 6.32. The molecule has 0 spiro atoms. The third kappa shape index (κ3) is 4.22. The van der Waals surface area contributed by atoms with E-state index in [4.69, 9.17) is 15.1 Å². The molecule has 3 aromatic carbocycles. The van der Waals surface area contributed by atoms with Crippen LogP contribution >= 0.6 is 0 Å². The molecular weight excluding hydrogens is 507 g/mol. The highest BCUT2D eigenvalue weighted by molar-refractivity contribution is 5.99. The number of oxazole rings is 1.